The zero-order valence-electron chi connectivity index (χ0n) is 11.2. The Hall–Kier alpha value is -2.01. The van der Waals surface area contributed by atoms with Crippen molar-refractivity contribution in [2.45, 2.75) is 26.7 Å². The van der Waals surface area contributed by atoms with Gasteiger partial charge in [-0.2, -0.15) is 5.10 Å². The van der Waals surface area contributed by atoms with Gasteiger partial charge in [0.15, 0.2) is 11.5 Å². The van der Waals surface area contributed by atoms with Crippen molar-refractivity contribution in [3.05, 3.63) is 41.7 Å². The van der Waals surface area contributed by atoms with Gasteiger partial charge in [0.2, 0.25) is 0 Å². The lowest BCUT2D eigenvalue weighted by Gasteiger charge is -2.13. The number of benzene rings is 1. The van der Waals surface area contributed by atoms with Crippen LogP contribution in [0.3, 0.4) is 0 Å². The van der Waals surface area contributed by atoms with Gasteiger partial charge in [0.1, 0.15) is 6.61 Å². The number of aryl methyl sites for hydroxylation is 1. The number of hydrogen-bond donors (Lipinski definition) is 1. The molecule has 0 aliphatic heterocycles. The Morgan fingerprint density at radius 3 is 2.84 bits per heavy atom. The minimum atomic E-state index is -0.0826. The Bertz CT molecular complexity index is 515. The molecule has 0 spiro atoms. The molecule has 2 rings (SSSR count). The van der Waals surface area contributed by atoms with Crippen LogP contribution in [0.2, 0.25) is 0 Å². The zero-order valence-corrected chi connectivity index (χ0v) is 11.2. The second-order valence-electron chi connectivity index (χ2n) is 4.10. The van der Waals surface area contributed by atoms with E-state index in [0.717, 1.165) is 12.1 Å². The van der Waals surface area contributed by atoms with Crippen molar-refractivity contribution in [2.24, 2.45) is 0 Å². The highest BCUT2D eigenvalue weighted by Gasteiger charge is 2.10. The summed E-state index contributed by atoms with van der Waals surface area (Å²) in [5, 5.41) is 13.5. The van der Waals surface area contributed by atoms with E-state index in [1.54, 1.807) is 13.3 Å². The maximum atomic E-state index is 9.33. The summed E-state index contributed by atoms with van der Waals surface area (Å²) >= 11 is 0. The zero-order chi connectivity index (χ0) is 13.7. The summed E-state index contributed by atoms with van der Waals surface area (Å²) in [6.45, 7) is 3.17. The van der Waals surface area contributed by atoms with Gasteiger partial charge in [-0.25, -0.2) is 0 Å². The van der Waals surface area contributed by atoms with Crippen LogP contribution in [-0.2, 0) is 19.8 Å². The number of rotatable bonds is 6. The summed E-state index contributed by atoms with van der Waals surface area (Å²) in [5.41, 5.74) is 1.69. The number of aromatic nitrogens is 2. The lowest BCUT2D eigenvalue weighted by Crippen LogP contribution is -2.00. The molecule has 1 heterocycles. The Balaban J connectivity index is 2.13. The first-order valence-electron chi connectivity index (χ1n) is 6.19. The van der Waals surface area contributed by atoms with Gasteiger partial charge in [0.25, 0.3) is 0 Å². The summed E-state index contributed by atoms with van der Waals surface area (Å²) in [6.07, 6.45) is 3.71. The third kappa shape index (κ3) is 3.06. The maximum Gasteiger partial charge on any atom is 0.167 e. The topological polar surface area (TPSA) is 56.5 Å². The highest BCUT2D eigenvalue weighted by molar-refractivity contribution is 5.46. The van der Waals surface area contributed by atoms with Crippen LogP contribution in [0.25, 0.3) is 0 Å². The van der Waals surface area contributed by atoms with Crippen molar-refractivity contribution in [3.8, 4) is 11.5 Å². The van der Waals surface area contributed by atoms with Crippen LogP contribution in [0.4, 0.5) is 0 Å². The molecule has 0 fully saturated rings. The molecular weight excluding hydrogens is 244 g/mol. The summed E-state index contributed by atoms with van der Waals surface area (Å²) < 4.78 is 12.8. The molecule has 0 radical (unpaired) electrons. The average molecular weight is 262 g/mol. The fraction of sp³-hybridized carbons (Fsp3) is 0.357. The van der Waals surface area contributed by atoms with Gasteiger partial charge < -0.3 is 14.6 Å². The van der Waals surface area contributed by atoms with Crippen molar-refractivity contribution >= 4 is 0 Å². The molecule has 0 amide bonds. The molecule has 0 aliphatic rings. The summed E-state index contributed by atoms with van der Waals surface area (Å²) in [6, 6.07) is 5.45. The van der Waals surface area contributed by atoms with Crippen molar-refractivity contribution in [3.63, 3.8) is 0 Å². The number of aliphatic hydroxyl groups is 1. The quantitative estimate of drug-likeness (QED) is 0.865. The normalized spacial score (nSPS) is 10.5. The first kappa shape index (κ1) is 13.4. The van der Waals surface area contributed by atoms with Gasteiger partial charge in [0.05, 0.1) is 19.9 Å². The molecular formula is C14H18N2O3. The Morgan fingerprint density at radius 2 is 2.21 bits per heavy atom. The minimum absolute atomic E-state index is 0.0826. The van der Waals surface area contributed by atoms with E-state index in [1.165, 1.54) is 0 Å². The van der Waals surface area contributed by atoms with Crippen LogP contribution in [0.15, 0.2) is 30.6 Å². The smallest absolute Gasteiger partial charge is 0.167 e. The average Bonchev–Trinajstić information content (AvgIpc) is 2.92. The number of para-hydroxylation sites is 1. The van der Waals surface area contributed by atoms with Crippen LogP contribution in [0.5, 0.6) is 11.5 Å². The largest absolute Gasteiger partial charge is 0.493 e. The number of methoxy groups -OCH3 is 1. The van der Waals surface area contributed by atoms with E-state index in [0.29, 0.717) is 23.7 Å². The highest BCUT2D eigenvalue weighted by atomic mass is 16.5. The minimum Gasteiger partial charge on any atom is -0.493 e. The van der Waals surface area contributed by atoms with Crippen molar-refractivity contribution in [1.82, 2.24) is 9.78 Å². The lowest BCUT2D eigenvalue weighted by molar-refractivity contribution is 0.250. The third-order valence-electron chi connectivity index (χ3n) is 2.84. The Kier molecular flexibility index (Phi) is 4.41. The number of ether oxygens (including phenoxy) is 2. The maximum absolute atomic E-state index is 9.33. The molecule has 0 saturated carbocycles. The van der Waals surface area contributed by atoms with Crippen LogP contribution < -0.4 is 9.47 Å². The molecule has 0 atom stereocenters. The fourth-order valence-corrected chi connectivity index (χ4v) is 1.82. The van der Waals surface area contributed by atoms with E-state index < -0.39 is 0 Å². The van der Waals surface area contributed by atoms with Crippen LogP contribution in [0, 0.1) is 0 Å². The fourth-order valence-electron chi connectivity index (χ4n) is 1.82. The number of hydrogen-bond acceptors (Lipinski definition) is 4. The van der Waals surface area contributed by atoms with E-state index in [-0.39, 0.29) is 6.61 Å². The van der Waals surface area contributed by atoms with Gasteiger partial charge in [0, 0.05) is 23.9 Å². The molecule has 2 aromatic rings. The van der Waals surface area contributed by atoms with Gasteiger partial charge in [-0.3, -0.25) is 4.68 Å². The second-order valence-corrected chi connectivity index (χ2v) is 4.10. The van der Waals surface area contributed by atoms with E-state index in [2.05, 4.69) is 5.10 Å². The molecule has 19 heavy (non-hydrogen) atoms. The number of nitrogens with zero attached hydrogens (tertiary/aromatic N) is 2. The Morgan fingerprint density at radius 1 is 1.37 bits per heavy atom. The SMILES string of the molecule is CCn1cc(COc2c(CO)cccc2OC)cn1. The van der Waals surface area contributed by atoms with Gasteiger partial charge in [-0.15, -0.1) is 0 Å². The monoisotopic (exact) mass is 262 g/mol. The summed E-state index contributed by atoms with van der Waals surface area (Å²) in [4.78, 5) is 0. The first-order valence-corrected chi connectivity index (χ1v) is 6.19. The third-order valence-corrected chi connectivity index (χ3v) is 2.84. The van der Waals surface area contributed by atoms with E-state index in [1.807, 2.05) is 36.0 Å². The molecule has 0 unspecified atom stereocenters. The molecule has 5 heteroatoms. The lowest BCUT2D eigenvalue weighted by atomic mass is 10.2. The van der Waals surface area contributed by atoms with Crippen LogP contribution >= 0.6 is 0 Å². The molecule has 102 valence electrons. The van der Waals surface area contributed by atoms with Crippen LogP contribution in [0.1, 0.15) is 18.1 Å². The highest BCUT2D eigenvalue weighted by Crippen LogP contribution is 2.31. The van der Waals surface area contributed by atoms with Gasteiger partial charge in [-0.1, -0.05) is 12.1 Å². The van der Waals surface area contributed by atoms with Crippen molar-refractivity contribution in [2.75, 3.05) is 7.11 Å². The van der Waals surface area contributed by atoms with Crippen LogP contribution in [-0.4, -0.2) is 22.0 Å². The molecule has 0 aliphatic carbocycles. The predicted octanol–water partition coefficient (Wildman–Crippen LogP) is 1.98. The molecule has 1 aromatic carbocycles. The summed E-state index contributed by atoms with van der Waals surface area (Å²) in [5.74, 6) is 1.20. The Labute approximate surface area is 112 Å². The molecule has 5 nitrogen and oxygen atoms in total. The predicted molar refractivity (Wildman–Crippen MR) is 71.1 cm³/mol. The number of aliphatic hydroxyl groups excluding tert-OH is 1. The molecule has 0 saturated heterocycles. The molecule has 1 aromatic heterocycles. The van der Waals surface area contributed by atoms with Crippen molar-refractivity contribution in [1.29, 1.82) is 0 Å². The first-order chi connectivity index (χ1) is 9.28. The second kappa shape index (κ2) is 6.24. The molecule has 1 N–H and O–H groups in total. The van der Waals surface area contributed by atoms with Gasteiger partial charge >= 0.3 is 0 Å². The summed E-state index contributed by atoms with van der Waals surface area (Å²) in [7, 11) is 1.58. The van der Waals surface area contributed by atoms with E-state index in [4.69, 9.17) is 9.47 Å². The standard InChI is InChI=1S/C14H18N2O3/c1-3-16-8-11(7-15-16)10-19-14-12(9-17)5-4-6-13(14)18-2/h4-8,17H,3,9-10H2,1-2H3. The van der Waals surface area contributed by atoms with Crippen molar-refractivity contribution < 1.29 is 14.6 Å². The van der Waals surface area contributed by atoms with E-state index in [9.17, 15) is 5.11 Å². The van der Waals surface area contributed by atoms with Gasteiger partial charge in [-0.05, 0) is 13.0 Å². The molecule has 0 bridgehead atoms. The van der Waals surface area contributed by atoms with E-state index >= 15 is 0 Å².